The molecular formula is C16H23ClN2O3. The van der Waals surface area contributed by atoms with Gasteiger partial charge in [0.15, 0.2) is 0 Å². The maximum Gasteiger partial charge on any atom is 0.410 e. The van der Waals surface area contributed by atoms with Gasteiger partial charge in [-0.2, -0.15) is 0 Å². The van der Waals surface area contributed by atoms with Gasteiger partial charge in [-0.25, -0.2) is 4.79 Å². The van der Waals surface area contributed by atoms with Crippen molar-refractivity contribution in [3.8, 4) is 0 Å². The standard InChI is InChI=1S/C16H23ClN2O3/c1-16(2,3)22-15(21)19-7-6-12(9-19)18-14-8-11(10-20)4-5-13(14)17/h4-5,8,12,18,20H,6-7,9-10H2,1-3H3. The Labute approximate surface area is 136 Å². The molecule has 2 rings (SSSR count). The third-order valence-corrected chi connectivity index (χ3v) is 3.74. The monoisotopic (exact) mass is 326 g/mol. The van der Waals surface area contributed by atoms with Crippen LogP contribution >= 0.6 is 11.6 Å². The van der Waals surface area contributed by atoms with Crippen molar-refractivity contribution in [2.24, 2.45) is 0 Å². The van der Waals surface area contributed by atoms with Gasteiger partial charge in [0.2, 0.25) is 0 Å². The van der Waals surface area contributed by atoms with Crippen molar-refractivity contribution in [1.82, 2.24) is 4.90 Å². The highest BCUT2D eigenvalue weighted by atomic mass is 35.5. The van der Waals surface area contributed by atoms with Gasteiger partial charge in [0.05, 0.1) is 17.3 Å². The lowest BCUT2D eigenvalue weighted by Crippen LogP contribution is -2.36. The van der Waals surface area contributed by atoms with Crippen LogP contribution in [0.4, 0.5) is 10.5 Å². The van der Waals surface area contributed by atoms with Crippen molar-refractivity contribution in [3.05, 3.63) is 28.8 Å². The summed E-state index contributed by atoms with van der Waals surface area (Å²) in [5.74, 6) is 0. The van der Waals surface area contributed by atoms with Crippen LogP contribution in [0.5, 0.6) is 0 Å². The van der Waals surface area contributed by atoms with Crippen molar-refractivity contribution in [1.29, 1.82) is 0 Å². The highest BCUT2D eigenvalue weighted by Crippen LogP contribution is 2.26. The van der Waals surface area contributed by atoms with E-state index < -0.39 is 5.60 Å². The zero-order valence-corrected chi connectivity index (χ0v) is 14.0. The van der Waals surface area contributed by atoms with Gasteiger partial charge in [-0.15, -0.1) is 0 Å². The molecule has 1 aliphatic rings. The number of likely N-dealkylation sites (tertiary alicyclic amines) is 1. The maximum atomic E-state index is 12.0. The summed E-state index contributed by atoms with van der Waals surface area (Å²) in [7, 11) is 0. The Bertz CT molecular complexity index is 543. The van der Waals surface area contributed by atoms with Crippen molar-refractivity contribution in [2.45, 2.75) is 45.4 Å². The lowest BCUT2D eigenvalue weighted by Gasteiger charge is -2.24. The van der Waals surface area contributed by atoms with Crippen LogP contribution in [0, 0.1) is 0 Å². The molecule has 1 aromatic carbocycles. The molecule has 0 saturated carbocycles. The number of nitrogens with zero attached hydrogens (tertiary/aromatic N) is 1. The van der Waals surface area contributed by atoms with E-state index in [1.165, 1.54) is 0 Å². The minimum absolute atomic E-state index is 0.0272. The van der Waals surface area contributed by atoms with Crippen LogP contribution in [-0.4, -0.2) is 40.8 Å². The number of anilines is 1. The number of carbonyl (C=O) groups excluding carboxylic acids is 1. The number of nitrogens with one attached hydrogen (secondary N) is 1. The number of rotatable bonds is 3. The summed E-state index contributed by atoms with van der Waals surface area (Å²) in [6.45, 7) is 6.78. The molecule has 1 aliphatic heterocycles. The second kappa shape index (κ2) is 6.75. The molecule has 122 valence electrons. The zero-order chi connectivity index (χ0) is 16.3. The second-order valence-electron chi connectivity index (χ2n) is 6.53. The number of hydrogen-bond donors (Lipinski definition) is 2. The van der Waals surface area contributed by atoms with Gasteiger partial charge in [-0.05, 0) is 44.9 Å². The number of amides is 1. The van der Waals surface area contributed by atoms with E-state index in [2.05, 4.69) is 5.32 Å². The zero-order valence-electron chi connectivity index (χ0n) is 13.2. The Balaban J connectivity index is 1.95. The van der Waals surface area contributed by atoms with E-state index in [0.717, 1.165) is 17.7 Å². The molecule has 1 atom stereocenters. The fourth-order valence-electron chi connectivity index (χ4n) is 2.37. The predicted molar refractivity (Wildman–Crippen MR) is 87.2 cm³/mol. The summed E-state index contributed by atoms with van der Waals surface area (Å²) in [5, 5.41) is 13.1. The Morgan fingerprint density at radius 3 is 2.86 bits per heavy atom. The van der Waals surface area contributed by atoms with Crippen LogP contribution in [0.3, 0.4) is 0 Å². The molecule has 1 fully saturated rings. The molecule has 1 heterocycles. The van der Waals surface area contributed by atoms with E-state index in [9.17, 15) is 9.90 Å². The van der Waals surface area contributed by atoms with E-state index >= 15 is 0 Å². The Morgan fingerprint density at radius 1 is 1.50 bits per heavy atom. The number of aliphatic hydroxyl groups is 1. The first-order valence-corrected chi connectivity index (χ1v) is 7.80. The minimum Gasteiger partial charge on any atom is -0.444 e. The van der Waals surface area contributed by atoms with Crippen molar-refractivity contribution >= 4 is 23.4 Å². The van der Waals surface area contributed by atoms with Crippen molar-refractivity contribution in [2.75, 3.05) is 18.4 Å². The first-order valence-electron chi connectivity index (χ1n) is 7.42. The number of ether oxygens (including phenoxy) is 1. The molecule has 1 aromatic rings. The molecular weight excluding hydrogens is 304 g/mol. The van der Waals surface area contributed by atoms with Crippen LogP contribution in [0.15, 0.2) is 18.2 Å². The second-order valence-corrected chi connectivity index (χ2v) is 6.94. The molecule has 1 unspecified atom stereocenters. The molecule has 0 bridgehead atoms. The fraction of sp³-hybridized carbons (Fsp3) is 0.562. The summed E-state index contributed by atoms with van der Waals surface area (Å²) < 4.78 is 5.38. The predicted octanol–water partition coefficient (Wildman–Crippen LogP) is 3.25. The third-order valence-electron chi connectivity index (χ3n) is 3.41. The van der Waals surface area contributed by atoms with Gasteiger partial charge < -0.3 is 20.1 Å². The fourth-order valence-corrected chi connectivity index (χ4v) is 2.54. The highest BCUT2D eigenvalue weighted by molar-refractivity contribution is 6.33. The molecule has 6 heteroatoms. The van der Waals surface area contributed by atoms with Crippen LogP contribution in [-0.2, 0) is 11.3 Å². The van der Waals surface area contributed by atoms with Gasteiger partial charge in [0, 0.05) is 19.1 Å². The van der Waals surface area contributed by atoms with E-state index in [4.69, 9.17) is 16.3 Å². The van der Waals surface area contributed by atoms with Crippen LogP contribution in [0.1, 0.15) is 32.8 Å². The van der Waals surface area contributed by atoms with Crippen LogP contribution in [0.25, 0.3) is 0 Å². The lowest BCUT2D eigenvalue weighted by molar-refractivity contribution is 0.0293. The van der Waals surface area contributed by atoms with Crippen LogP contribution in [0.2, 0.25) is 5.02 Å². The van der Waals surface area contributed by atoms with Crippen LogP contribution < -0.4 is 5.32 Å². The number of carbonyl (C=O) groups is 1. The highest BCUT2D eigenvalue weighted by Gasteiger charge is 2.29. The first-order chi connectivity index (χ1) is 10.3. The molecule has 0 aliphatic carbocycles. The molecule has 2 N–H and O–H groups in total. The van der Waals surface area contributed by atoms with E-state index in [0.29, 0.717) is 18.1 Å². The minimum atomic E-state index is -0.485. The number of halogens is 1. The summed E-state index contributed by atoms with van der Waals surface area (Å²) in [6, 6.07) is 5.50. The van der Waals surface area contributed by atoms with Crippen molar-refractivity contribution in [3.63, 3.8) is 0 Å². The summed E-state index contributed by atoms with van der Waals surface area (Å²) in [4.78, 5) is 13.7. The SMILES string of the molecule is CC(C)(C)OC(=O)N1CCC(Nc2cc(CO)ccc2Cl)C1. The molecule has 1 saturated heterocycles. The molecule has 0 spiro atoms. The maximum absolute atomic E-state index is 12.0. The topological polar surface area (TPSA) is 61.8 Å². The first kappa shape index (κ1) is 16.9. The van der Waals surface area contributed by atoms with Gasteiger partial charge in [0.25, 0.3) is 0 Å². The molecule has 22 heavy (non-hydrogen) atoms. The van der Waals surface area contributed by atoms with Gasteiger partial charge >= 0.3 is 6.09 Å². The number of aliphatic hydroxyl groups excluding tert-OH is 1. The van der Waals surface area contributed by atoms with E-state index in [1.54, 1.807) is 17.0 Å². The largest absolute Gasteiger partial charge is 0.444 e. The molecule has 0 radical (unpaired) electrons. The van der Waals surface area contributed by atoms with E-state index in [1.807, 2.05) is 26.8 Å². The summed E-state index contributed by atoms with van der Waals surface area (Å²) in [6.07, 6.45) is 0.547. The Hall–Kier alpha value is -1.46. The van der Waals surface area contributed by atoms with Gasteiger partial charge in [-0.3, -0.25) is 0 Å². The quantitative estimate of drug-likeness (QED) is 0.895. The molecule has 0 aromatic heterocycles. The van der Waals surface area contributed by atoms with Gasteiger partial charge in [-0.1, -0.05) is 17.7 Å². The summed E-state index contributed by atoms with van der Waals surface area (Å²) in [5.41, 5.74) is 1.10. The number of hydrogen-bond acceptors (Lipinski definition) is 4. The van der Waals surface area contributed by atoms with Crippen molar-refractivity contribution < 1.29 is 14.6 Å². The Morgan fingerprint density at radius 2 is 2.23 bits per heavy atom. The average molecular weight is 327 g/mol. The smallest absolute Gasteiger partial charge is 0.410 e. The molecule has 5 nitrogen and oxygen atoms in total. The molecule has 1 amide bonds. The third kappa shape index (κ3) is 4.52. The van der Waals surface area contributed by atoms with Gasteiger partial charge in [0.1, 0.15) is 5.60 Å². The average Bonchev–Trinajstić information content (AvgIpc) is 2.88. The van der Waals surface area contributed by atoms with E-state index in [-0.39, 0.29) is 18.7 Å². The normalized spacial score (nSPS) is 18.4. The summed E-state index contributed by atoms with van der Waals surface area (Å²) >= 11 is 6.17. The Kier molecular flexibility index (Phi) is 5.19. The number of benzene rings is 1. The lowest BCUT2D eigenvalue weighted by atomic mass is 10.2.